The van der Waals surface area contributed by atoms with Crippen LogP contribution in [-0.4, -0.2) is 76.2 Å². The summed E-state index contributed by atoms with van der Waals surface area (Å²) in [5, 5.41) is 26.7. The second-order valence-corrected chi connectivity index (χ2v) is 8.34. The Hall–Kier alpha value is -3.48. The van der Waals surface area contributed by atoms with Crippen LogP contribution in [0.5, 0.6) is 0 Å². The van der Waals surface area contributed by atoms with Gasteiger partial charge in [-0.25, -0.2) is 4.79 Å². The Labute approximate surface area is 202 Å². The van der Waals surface area contributed by atoms with Gasteiger partial charge in [-0.2, -0.15) is 0 Å². The maximum absolute atomic E-state index is 13.3. The molecule has 0 aliphatic carbocycles. The number of aromatic nitrogens is 1. The number of fused-ring (bicyclic) bond motifs is 1. The zero-order valence-corrected chi connectivity index (χ0v) is 19.6. The van der Waals surface area contributed by atoms with Crippen LogP contribution in [0, 0.1) is 0 Å². The van der Waals surface area contributed by atoms with Crippen LogP contribution in [0.3, 0.4) is 0 Å². The molecule has 1 aromatic heterocycles. The first kappa shape index (κ1) is 27.8. The molecule has 192 valence electrons. The van der Waals surface area contributed by atoms with Gasteiger partial charge in [-0.1, -0.05) is 18.2 Å². The third-order valence-corrected chi connectivity index (χ3v) is 5.52. The zero-order valence-electron chi connectivity index (χ0n) is 19.6. The number of H-pyrrole nitrogens is 1. The highest BCUT2D eigenvalue weighted by Gasteiger charge is 2.30. The number of benzene rings is 1. The normalized spacial score (nSPS) is 14.5. The number of amides is 3. The van der Waals surface area contributed by atoms with Crippen LogP contribution in [-0.2, 0) is 25.6 Å². The number of hydrogen-bond donors (Lipinski definition) is 8. The van der Waals surface area contributed by atoms with Crippen molar-refractivity contribution in [2.45, 2.75) is 56.8 Å². The fourth-order valence-corrected chi connectivity index (χ4v) is 3.52. The number of unbranched alkanes of at least 4 members (excludes halogenated alkanes) is 1. The molecular formula is C23H34N6O6. The van der Waals surface area contributed by atoms with Crippen LogP contribution < -0.4 is 27.4 Å². The molecule has 4 unspecified atom stereocenters. The second-order valence-electron chi connectivity index (χ2n) is 8.34. The molecule has 10 N–H and O–H groups in total. The lowest BCUT2D eigenvalue weighted by atomic mass is 10.0. The number of carbonyl (C=O) groups is 4. The highest BCUT2D eigenvalue weighted by atomic mass is 16.4. The van der Waals surface area contributed by atoms with Crippen molar-refractivity contribution in [3.63, 3.8) is 0 Å². The lowest BCUT2D eigenvalue weighted by Gasteiger charge is -2.24. The van der Waals surface area contributed by atoms with Gasteiger partial charge in [0.1, 0.15) is 18.1 Å². The summed E-state index contributed by atoms with van der Waals surface area (Å²) in [7, 11) is 0. The van der Waals surface area contributed by atoms with Gasteiger partial charge < -0.3 is 42.6 Å². The third-order valence-electron chi connectivity index (χ3n) is 5.52. The van der Waals surface area contributed by atoms with Gasteiger partial charge in [-0.15, -0.1) is 0 Å². The smallest absolute Gasteiger partial charge is 0.328 e. The minimum absolute atomic E-state index is 0.125. The minimum atomic E-state index is -1.52. The standard InChI is InChI=1S/C23H34N6O6/c1-13(25)20(31)28-18(10-14-11-26-16-7-3-2-6-15(14)16)22(33)27-17(8-4-5-9-24)21(32)29-19(12-30)23(34)35/h2-3,6-7,11,13,17-19,26,30H,4-5,8-10,12,24-25H2,1H3,(H,27,33)(H,28,31)(H,29,32)(H,34,35). The lowest BCUT2D eigenvalue weighted by molar-refractivity contribution is -0.143. The van der Waals surface area contributed by atoms with E-state index in [0.29, 0.717) is 19.4 Å². The molecule has 0 saturated carbocycles. The van der Waals surface area contributed by atoms with E-state index < -0.39 is 54.5 Å². The Morgan fingerprint density at radius 2 is 1.60 bits per heavy atom. The minimum Gasteiger partial charge on any atom is -0.480 e. The van der Waals surface area contributed by atoms with Gasteiger partial charge in [0.05, 0.1) is 12.6 Å². The number of aromatic amines is 1. The van der Waals surface area contributed by atoms with Crippen LogP contribution in [0.4, 0.5) is 0 Å². The summed E-state index contributed by atoms with van der Waals surface area (Å²) < 4.78 is 0. The average Bonchev–Trinajstić information content (AvgIpc) is 3.23. The van der Waals surface area contributed by atoms with E-state index in [1.807, 2.05) is 24.3 Å². The Kier molecular flexibility index (Phi) is 10.6. The summed E-state index contributed by atoms with van der Waals surface area (Å²) in [5.74, 6) is -3.34. The Bertz CT molecular complexity index is 1020. The largest absolute Gasteiger partial charge is 0.480 e. The molecule has 0 radical (unpaired) electrons. The molecule has 3 amide bonds. The SMILES string of the molecule is CC(N)C(=O)NC(Cc1c[nH]c2ccccc12)C(=O)NC(CCCCN)C(=O)NC(CO)C(=O)O. The third kappa shape index (κ3) is 8.05. The highest BCUT2D eigenvalue weighted by Crippen LogP contribution is 2.19. The molecule has 12 nitrogen and oxygen atoms in total. The molecule has 2 aromatic rings. The predicted octanol–water partition coefficient (Wildman–Crippen LogP) is -1.28. The van der Waals surface area contributed by atoms with Crippen LogP contribution >= 0.6 is 0 Å². The number of carboxylic acid groups (broad SMARTS) is 1. The number of carbonyl (C=O) groups excluding carboxylic acids is 3. The first-order chi connectivity index (χ1) is 16.7. The van der Waals surface area contributed by atoms with Gasteiger partial charge in [-0.05, 0) is 44.4 Å². The molecule has 1 aromatic carbocycles. The fraction of sp³-hybridized carbons (Fsp3) is 0.478. The molecule has 0 spiro atoms. The Balaban J connectivity index is 2.25. The van der Waals surface area contributed by atoms with E-state index in [1.165, 1.54) is 6.92 Å². The van der Waals surface area contributed by atoms with Crippen molar-refractivity contribution < 1.29 is 29.4 Å². The molecule has 0 aliphatic heterocycles. The monoisotopic (exact) mass is 490 g/mol. The quantitative estimate of drug-likeness (QED) is 0.149. The number of nitrogens with one attached hydrogen (secondary N) is 4. The van der Waals surface area contributed by atoms with Crippen molar-refractivity contribution in [3.05, 3.63) is 36.0 Å². The molecule has 0 fully saturated rings. The van der Waals surface area contributed by atoms with E-state index >= 15 is 0 Å². The number of aliphatic carboxylic acids is 1. The molecule has 35 heavy (non-hydrogen) atoms. The maximum atomic E-state index is 13.3. The number of aliphatic hydroxyl groups excluding tert-OH is 1. The van der Waals surface area contributed by atoms with Crippen LogP contribution in [0.2, 0.25) is 0 Å². The lowest BCUT2D eigenvalue weighted by Crippen LogP contribution is -2.57. The molecule has 4 atom stereocenters. The summed E-state index contributed by atoms with van der Waals surface area (Å²) in [6.45, 7) is 1.06. The predicted molar refractivity (Wildman–Crippen MR) is 129 cm³/mol. The molecular weight excluding hydrogens is 456 g/mol. The number of rotatable bonds is 14. The summed E-state index contributed by atoms with van der Waals surface area (Å²) in [6, 6.07) is 2.96. The van der Waals surface area contributed by atoms with Crippen LogP contribution in [0.25, 0.3) is 10.9 Å². The van der Waals surface area contributed by atoms with Crippen LogP contribution in [0.15, 0.2) is 30.5 Å². The van der Waals surface area contributed by atoms with Crippen molar-refractivity contribution in [2.24, 2.45) is 11.5 Å². The van der Waals surface area contributed by atoms with E-state index in [0.717, 1.165) is 16.5 Å². The van der Waals surface area contributed by atoms with E-state index in [2.05, 4.69) is 20.9 Å². The highest BCUT2D eigenvalue weighted by molar-refractivity contribution is 5.94. The number of aliphatic hydroxyl groups is 1. The van der Waals surface area contributed by atoms with Crippen molar-refractivity contribution in [3.8, 4) is 0 Å². The molecule has 2 rings (SSSR count). The van der Waals surface area contributed by atoms with Gasteiger partial charge >= 0.3 is 5.97 Å². The number of hydrogen-bond acceptors (Lipinski definition) is 7. The topological polar surface area (TPSA) is 213 Å². The summed E-state index contributed by atoms with van der Waals surface area (Å²) >= 11 is 0. The van der Waals surface area contributed by atoms with E-state index in [1.54, 1.807) is 6.20 Å². The van der Waals surface area contributed by atoms with E-state index in [4.69, 9.17) is 16.6 Å². The molecule has 1 heterocycles. The van der Waals surface area contributed by atoms with Crippen LogP contribution in [0.1, 0.15) is 31.7 Å². The molecule has 0 aliphatic rings. The van der Waals surface area contributed by atoms with Crippen molar-refractivity contribution in [1.29, 1.82) is 0 Å². The van der Waals surface area contributed by atoms with Gasteiger partial charge in [0, 0.05) is 23.5 Å². The number of para-hydroxylation sites is 1. The van der Waals surface area contributed by atoms with Crippen molar-refractivity contribution >= 4 is 34.6 Å². The summed E-state index contributed by atoms with van der Waals surface area (Å²) in [6.07, 6.45) is 3.13. The maximum Gasteiger partial charge on any atom is 0.328 e. The summed E-state index contributed by atoms with van der Waals surface area (Å²) in [4.78, 5) is 52.7. The number of nitrogens with two attached hydrogens (primary N) is 2. The number of carboxylic acids is 1. The van der Waals surface area contributed by atoms with E-state index in [-0.39, 0.29) is 12.8 Å². The molecule has 12 heteroatoms. The first-order valence-corrected chi connectivity index (χ1v) is 11.4. The first-order valence-electron chi connectivity index (χ1n) is 11.4. The Morgan fingerprint density at radius 3 is 2.23 bits per heavy atom. The van der Waals surface area contributed by atoms with Gasteiger partial charge in [0.15, 0.2) is 0 Å². The van der Waals surface area contributed by atoms with Gasteiger partial charge in [0.2, 0.25) is 17.7 Å². The van der Waals surface area contributed by atoms with Gasteiger partial charge in [-0.3, -0.25) is 14.4 Å². The summed E-state index contributed by atoms with van der Waals surface area (Å²) in [5.41, 5.74) is 12.8. The van der Waals surface area contributed by atoms with Gasteiger partial charge in [0.25, 0.3) is 0 Å². The Morgan fingerprint density at radius 1 is 0.971 bits per heavy atom. The average molecular weight is 491 g/mol. The van der Waals surface area contributed by atoms with Crippen molar-refractivity contribution in [1.82, 2.24) is 20.9 Å². The van der Waals surface area contributed by atoms with Crippen molar-refractivity contribution in [2.75, 3.05) is 13.2 Å². The zero-order chi connectivity index (χ0) is 26.0. The fourth-order valence-electron chi connectivity index (χ4n) is 3.52. The molecule has 0 bridgehead atoms. The van der Waals surface area contributed by atoms with E-state index in [9.17, 15) is 24.3 Å². The second kappa shape index (κ2) is 13.4. The molecule has 0 saturated heterocycles.